The van der Waals surface area contributed by atoms with E-state index in [-0.39, 0.29) is 5.59 Å². The van der Waals surface area contributed by atoms with Crippen molar-refractivity contribution in [3.05, 3.63) is 23.4 Å². The SMILES string of the molecule is Cc1cc(C#N)cnc1B(O)O. The Kier molecular flexibility index (Phi) is 2.43. The molecule has 0 unspecified atom stereocenters. The molecule has 0 bridgehead atoms. The molecule has 0 aliphatic heterocycles. The van der Waals surface area contributed by atoms with Gasteiger partial charge >= 0.3 is 7.12 Å². The number of rotatable bonds is 1. The lowest BCUT2D eigenvalue weighted by Crippen LogP contribution is -2.34. The summed E-state index contributed by atoms with van der Waals surface area (Å²) in [5.41, 5.74) is 1.20. The molecule has 4 nitrogen and oxygen atoms in total. The van der Waals surface area contributed by atoms with E-state index in [4.69, 9.17) is 15.3 Å². The molecule has 0 radical (unpaired) electrons. The van der Waals surface area contributed by atoms with Crippen molar-refractivity contribution in [3.63, 3.8) is 0 Å². The maximum atomic E-state index is 8.78. The van der Waals surface area contributed by atoms with E-state index in [9.17, 15) is 0 Å². The lowest BCUT2D eigenvalue weighted by Gasteiger charge is -2.01. The maximum absolute atomic E-state index is 8.78. The summed E-state index contributed by atoms with van der Waals surface area (Å²) >= 11 is 0. The van der Waals surface area contributed by atoms with Crippen LogP contribution in [0.15, 0.2) is 12.3 Å². The minimum absolute atomic E-state index is 0.189. The molecule has 12 heavy (non-hydrogen) atoms. The summed E-state index contributed by atoms with van der Waals surface area (Å²) in [6.45, 7) is 1.67. The zero-order chi connectivity index (χ0) is 9.14. The number of hydrogen-bond acceptors (Lipinski definition) is 4. The van der Waals surface area contributed by atoms with Gasteiger partial charge in [0.2, 0.25) is 0 Å². The first kappa shape index (κ1) is 8.72. The van der Waals surface area contributed by atoms with Gasteiger partial charge in [0.1, 0.15) is 6.07 Å². The van der Waals surface area contributed by atoms with E-state index in [0.717, 1.165) is 0 Å². The topological polar surface area (TPSA) is 77.1 Å². The summed E-state index contributed by atoms with van der Waals surface area (Å²) in [4.78, 5) is 3.73. The molecule has 1 heterocycles. The first-order valence-electron chi connectivity index (χ1n) is 3.38. The molecule has 2 N–H and O–H groups in total. The number of aryl methyl sites for hydroxylation is 1. The van der Waals surface area contributed by atoms with Crippen LogP contribution in [0.3, 0.4) is 0 Å². The number of hydrogen-bond donors (Lipinski definition) is 2. The number of pyridine rings is 1. The fraction of sp³-hybridized carbons (Fsp3) is 0.143. The van der Waals surface area contributed by atoms with Gasteiger partial charge in [-0.2, -0.15) is 5.26 Å². The van der Waals surface area contributed by atoms with Crippen LogP contribution in [0.4, 0.5) is 0 Å². The highest BCUT2D eigenvalue weighted by Crippen LogP contribution is 1.97. The molecule has 0 fully saturated rings. The Morgan fingerprint density at radius 3 is 2.67 bits per heavy atom. The minimum Gasteiger partial charge on any atom is -0.422 e. The van der Waals surface area contributed by atoms with E-state index in [0.29, 0.717) is 11.1 Å². The zero-order valence-electron chi connectivity index (χ0n) is 6.52. The van der Waals surface area contributed by atoms with Crippen LogP contribution in [0.5, 0.6) is 0 Å². The van der Waals surface area contributed by atoms with Crippen molar-refractivity contribution in [3.8, 4) is 6.07 Å². The third-order valence-corrected chi connectivity index (χ3v) is 1.49. The lowest BCUT2D eigenvalue weighted by atomic mass is 9.82. The Balaban J connectivity index is 3.14. The van der Waals surface area contributed by atoms with Crippen molar-refractivity contribution < 1.29 is 10.0 Å². The summed E-state index contributed by atoms with van der Waals surface area (Å²) < 4.78 is 0. The van der Waals surface area contributed by atoms with E-state index in [1.807, 2.05) is 6.07 Å². The molecule has 0 saturated carbocycles. The van der Waals surface area contributed by atoms with Crippen LogP contribution in [-0.4, -0.2) is 22.2 Å². The predicted molar refractivity (Wildman–Crippen MR) is 43.5 cm³/mol. The Labute approximate surface area is 70.3 Å². The van der Waals surface area contributed by atoms with Crippen molar-refractivity contribution in [2.75, 3.05) is 0 Å². The molecule has 0 aliphatic carbocycles. The third-order valence-electron chi connectivity index (χ3n) is 1.49. The predicted octanol–water partition coefficient (Wildman–Crippen LogP) is -1.06. The first-order valence-corrected chi connectivity index (χ1v) is 3.38. The molecule has 0 spiro atoms. The second-order valence-electron chi connectivity index (χ2n) is 2.41. The maximum Gasteiger partial charge on any atom is 0.508 e. The quantitative estimate of drug-likeness (QED) is 0.516. The van der Waals surface area contributed by atoms with Gasteiger partial charge in [0.15, 0.2) is 0 Å². The minimum atomic E-state index is -1.57. The van der Waals surface area contributed by atoms with Gasteiger partial charge in [-0.3, -0.25) is 4.98 Å². The molecule has 0 saturated heterocycles. The Morgan fingerprint density at radius 2 is 2.25 bits per heavy atom. The second kappa shape index (κ2) is 3.35. The van der Waals surface area contributed by atoms with Crippen LogP contribution in [0, 0.1) is 18.3 Å². The second-order valence-corrected chi connectivity index (χ2v) is 2.41. The van der Waals surface area contributed by atoms with E-state index in [1.165, 1.54) is 6.20 Å². The van der Waals surface area contributed by atoms with E-state index in [2.05, 4.69) is 4.98 Å². The Morgan fingerprint density at radius 1 is 1.58 bits per heavy atom. The van der Waals surface area contributed by atoms with E-state index >= 15 is 0 Å². The average molecular weight is 162 g/mol. The standard InChI is InChI=1S/C7H7BN2O2/c1-5-2-6(3-9)4-10-7(5)8(11)12/h2,4,11-12H,1H3. The van der Waals surface area contributed by atoms with E-state index < -0.39 is 7.12 Å². The fourth-order valence-corrected chi connectivity index (χ4v) is 0.917. The van der Waals surface area contributed by atoms with Crippen molar-refractivity contribution in [2.45, 2.75) is 6.92 Å². The number of nitriles is 1. The highest BCUT2D eigenvalue weighted by molar-refractivity contribution is 6.58. The molecule has 0 aliphatic rings. The van der Waals surface area contributed by atoms with Gasteiger partial charge in [-0.25, -0.2) is 0 Å². The Hall–Kier alpha value is -1.38. The molecule has 5 heteroatoms. The van der Waals surface area contributed by atoms with Gasteiger partial charge in [0.05, 0.1) is 11.2 Å². The largest absolute Gasteiger partial charge is 0.508 e. The number of aromatic nitrogens is 1. The van der Waals surface area contributed by atoms with Crippen molar-refractivity contribution in [1.82, 2.24) is 4.98 Å². The molecular formula is C7H7BN2O2. The van der Waals surface area contributed by atoms with Crippen LogP contribution in [0.2, 0.25) is 0 Å². The highest BCUT2D eigenvalue weighted by Gasteiger charge is 2.15. The summed E-state index contributed by atoms with van der Waals surface area (Å²) in [7, 11) is -1.57. The van der Waals surface area contributed by atoms with Crippen molar-refractivity contribution >= 4 is 12.7 Å². The lowest BCUT2D eigenvalue weighted by molar-refractivity contribution is 0.424. The van der Waals surface area contributed by atoms with Crippen LogP contribution < -0.4 is 5.59 Å². The summed E-state index contributed by atoms with van der Waals surface area (Å²) in [6, 6.07) is 3.47. The summed E-state index contributed by atoms with van der Waals surface area (Å²) in [6.07, 6.45) is 1.31. The molecule has 0 amide bonds. The zero-order valence-corrected chi connectivity index (χ0v) is 6.52. The molecule has 1 aromatic rings. The van der Waals surface area contributed by atoms with Gasteiger partial charge < -0.3 is 10.0 Å². The molecule has 0 atom stereocenters. The molecular weight excluding hydrogens is 155 g/mol. The monoisotopic (exact) mass is 162 g/mol. The highest BCUT2D eigenvalue weighted by atomic mass is 16.4. The first-order chi connectivity index (χ1) is 5.65. The normalized spacial score (nSPS) is 9.17. The molecule has 1 aromatic heterocycles. The molecule has 1 rings (SSSR count). The fourth-order valence-electron chi connectivity index (χ4n) is 0.917. The molecule has 0 aromatic carbocycles. The third kappa shape index (κ3) is 1.61. The Bertz CT molecular complexity index is 333. The average Bonchev–Trinajstić information content (AvgIpc) is 2.03. The molecule has 60 valence electrons. The van der Waals surface area contributed by atoms with E-state index in [1.54, 1.807) is 13.0 Å². The van der Waals surface area contributed by atoms with Crippen LogP contribution in [0.25, 0.3) is 0 Å². The van der Waals surface area contributed by atoms with Crippen LogP contribution in [-0.2, 0) is 0 Å². The van der Waals surface area contributed by atoms with Gasteiger partial charge in [0.25, 0.3) is 0 Å². The van der Waals surface area contributed by atoms with Crippen LogP contribution >= 0.6 is 0 Å². The van der Waals surface area contributed by atoms with Crippen molar-refractivity contribution in [2.24, 2.45) is 0 Å². The van der Waals surface area contributed by atoms with Gasteiger partial charge in [0, 0.05) is 6.20 Å². The number of nitrogens with zero attached hydrogens (tertiary/aromatic N) is 2. The van der Waals surface area contributed by atoms with Gasteiger partial charge in [-0.1, -0.05) is 0 Å². The smallest absolute Gasteiger partial charge is 0.422 e. The van der Waals surface area contributed by atoms with Crippen LogP contribution in [0.1, 0.15) is 11.1 Å². The summed E-state index contributed by atoms with van der Waals surface area (Å²) in [5.74, 6) is 0. The summed E-state index contributed by atoms with van der Waals surface area (Å²) in [5, 5.41) is 26.0. The van der Waals surface area contributed by atoms with Crippen molar-refractivity contribution in [1.29, 1.82) is 5.26 Å². The van der Waals surface area contributed by atoms with Gasteiger partial charge in [-0.15, -0.1) is 0 Å². The van der Waals surface area contributed by atoms with Gasteiger partial charge in [-0.05, 0) is 18.6 Å².